The molecule has 8 nitrogen and oxygen atoms in total. The Morgan fingerprint density at radius 2 is 1.71 bits per heavy atom. The second-order valence-electron chi connectivity index (χ2n) is 9.57. The molecule has 2 amide bonds. The summed E-state index contributed by atoms with van der Waals surface area (Å²) in [5.74, 6) is -0.690. The number of hydrogen-bond donors (Lipinski definition) is 2. The maximum Gasteiger partial charge on any atom is 0.255 e. The van der Waals surface area contributed by atoms with Gasteiger partial charge in [-0.3, -0.25) is 14.5 Å². The van der Waals surface area contributed by atoms with Gasteiger partial charge in [-0.1, -0.05) is 24.6 Å². The molecule has 2 heterocycles. The summed E-state index contributed by atoms with van der Waals surface area (Å²) in [5, 5.41) is 2.87. The Balaban J connectivity index is 1.41. The SMILES string of the molecule is Cc1ccc(C(=O)Nc2ccc(CN3CCC[C@@H](C(N)=O)C3)cc2)cc1S(=O)(=O)N1CCCCC1. The Morgan fingerprint density at radius 3 is 2.40 bits per heavy atom. The van der Waals surface area contributed by atoms with E-state index in [-0.39, 0.29) is 22.6 Å². The quantitative estimate of drug-likeness (QED) is 0.609. The summed E-state index contributed by atoms with van der Waals surface area (Å²) in [6.45, 7) is 5.11. The van der Waals surface area contributed by atoms with Gasteiger partial charge in [0.1, 0.15) is 0 Å². The number of piperidine rings is 2. The lowest BCUT2D eigenvalue weighted by Gasteiger charge is -2.31. The number of carbonyl (C=O) groups is 2. The van der Waals surface area contributed by atoms with E-state index >= 15 is 0 Å². The highest BCUT2D eigenvalue weighted by Crippen LogP contribution is 2.25. The molecule has 2 aliphatic heterocycles. The lowest BCUT2D eigenvalue weighted by Crippen LogP contribution is -2.40. The van der Waals surface area contributed by atoms with Gasteiger partial charge in [-0.15, -0.1) is 0 Å². The molecule has 0 aromatic heterocycles. The van der Waals surface area contributed by atoms with E-state index in [1.54, 1.807) is 19.1 Å². The van der Waals surface area contributed by atoms with E-state index in [4.69, 9.17) is 5.73 Å². The molecule has 0 bridgehead atoms. The van der Waals surface area contributed by atoms with Crippen molar-refractivity contribution in [2.45, 2.75) is 50.5 Å². The van der Waals surface area contributed by atoms with Gasteiger partial charge in [0, 0.05) is 37.4 Å². The van der Waals surface area contributed by atoms with E-state index in [9.17, 15) is 18.0 Å². The molecule has 0 aliphatic carbocycles. The van der Waals surface area contributed by atoms with Gasteiger partial charge in [0.15, 0.2) is 0 Å². The predicted molar refractivity (Wildman–Crippen MR) is 135 cm³/mol. The minimum absolute atomic E-state index is 0.0968. The molecule has 0 unspecified atom stereocenters. The standard InChI is InChI=1S/C26H34N4O4S/c1-19-7-10-21(16-24(19)35(33,34)30-14-3-2-4-15-30)26(32)28-23-11-8-20(9-12-23)17-29-13-5-6-22(18-29)25(27)31/h7-12,16,22H,2-6,13-15,17-18H2,1H3,(H2,27,31)(H,28,32)/t22-/m1/s1. The summed E-state index contributed by atoms with van der Waals surface area (Å²) in [7, 11) is -3.63. The van der Waals surface area contributed by atoms with E-state index in [1.807, 2.05) is 24.3 Å². The molecule has 2 aromatic rings. The fraction of sp³-hybridized carbons (Fsp3) is 0.462. The van der Waals surface area contributed by atoms with Crippen LogP contribution in [0.2, 0.25) is 0 Å². The molecule has 2 saturated heterocycles. The second-order valence-corrected chi connectivity index (χ2v) is 11.5. The normalized spacial score (nSPS) is 19.9. The van der Waals surface area contributed by atoms with Crippen LogP contribution in [0.5, 0.6) is 0 Å². The number of benzene rings is 2. The van der Waals surface area contributed by atoms with Crippen LogP contribution in [0.3, 0.4) is 0 Å². The van der Waals surface area contributed by atoms with Crippen molar-refractivity contribution in [3.8, 4) is 0 Å². The number of nitrogens with zero attached hydrogens (tertiary/aromatic N) is 2. The van der Waals surface area contributed by atoms with Crippen LogP contribution in [0.25, 0.3) is 0 Å². The van der Waals surface area contributed by atoms with E-state index < -0.39 is 10.0 Å². The van der Waals surface area contributed by atoms with Crippen LogP contribution in [0.4, 0.5) is 5.69 Å². The van der Waals surface area contributed by atoms with E-state index in [2.05, 4.69) is 10.2 Å². The third kappa shape index (κ3) is 6.09. The molecule has 2 fully saturated rings. The number of hydrogen-bond acceptors (Lipinski definition) is 5. The third-order valence-corrected chi connectivity index (χ3v) is 8.95. The molecule has 9 heteroatoms. The maximum absolute atomic E-state index is 13.2. The highest BCUT2D eigenvalue weighted by Gasteiger charge is 2.28. The first kappa shape index (κ1) is 25.3. The number of carbonyl (C=O) groups excluding carboxylic acids is 2. The molecule has 3 N–H and O–H groups in total. The molecule has 2 aliphatic rings. The smallest absolute Gasteiger partial charge is 0.255 e. The van der Waals surface area contributed by atoms with Crippen molar-refractivity contribution < 1.29 is 18.0 Å². The van der Waals surface area contributed by atoms with Crippen LogP contribution < -0.4 is 11.1 Å². The van der Waals surface area contributed by atoms with Gasteiger partial charge in [0.2, 0.25) is 15.9 Å². The molecule has 0 spiro atoms. The summed E-state index contributed by atoms with van der Waals surface area (Å²) in [6.07, 6.45) is 4.55. The summed E-state index contributed by atoms with van der Waals surface area (Å²) in [5.41, 5.74) is 8.13. The number of anilines is 1. The van der Waals surface area contributed by atoms with Gasteiger partial charge in [0.05, 0.1) is 10.8 Å². The number of aryl methyl sites for hydroxylation is 1. The first-order chi connectivity index (χ1) is 16.7. The summed E-state index contributed by atoms with van der Waals surface area (Å²) in [4.78, 5) is 26.8. The topological polar surface area (TPSA) is 113 Å². The number of primary amides is 1. The van der Waals surface area contributed by atoms with Gasteiger partial charge < -0.3 is 11.1 Å². The molecule has 0 radical (unpaired) electrons. The maximum atomic E-state index is 13.2. The Hall–Kier alpha value is -2.75. The largest absolute Gasteiger partial charge is 0.369 e. The van der Waals surface area contributed by atoms with Crippen molar-refractivity contribution in [1.82, 2.24) is 9.21 Å². The van der Waals surface area contributed by atoms with Gasteiger partial charge in [-0.2, -0.15) is 4.31 Å². The van der Waals surface area contributed by atoms with Crippen molar-refractivity contribution in [1.29, 1.82) is 0 Å². The van der Waals surface area contributed by atoms with Crippen molar-refractivity contribution in [3.05, 3.63) is 59.2 Å². The number of likely N-dealkylation sites (tertiary alicyclic amines) is 1. The Kier molecular flexibility index (Phi) is 7.88. The van der Waals surface area contributed by atoms with Gasteiger partial charge in [-0.25, -0.2) is 8.42 Å². The first-order valence-electron chi connectivity index (χ1n) is 12.3. The fourth-order valence-electron chi connectivity index (χ4n) is 4.85. The minimum Gasteiger partial charge on any atom is -0.369 e. The molecule has 188 valence electrons. The van der Waals surface area contributed by atoms with Gasteiger partial charge in [-0.05, 0) is 74.5 Å². The Labute approximate surface area is 207 Å². The lowest BCUT2D eigenvalue weighted by atomic mass is 9.97. The van der Waals surface area contributed by atoms with Crippen LogP contribution in [0, 0.1) is 12.8 Å². The number of sulfonamides is 1. The molecule has 35 heavy (non-hydrogen) atoms. The zero-order valence-electron chi connectivity index (χ0n) is 20.2. The number of amides is 2. The van der Waals surface area contributed by atoms with Gasteiger partial charge in [0.25, 0.3) is 5.91 Å². The van der Waals surface area contributed by atoms with Crippen LogP contribution in [-0.2, 0) is 21.4 Å². The van der Waals surface area contributed by atoms with E-state index in [0.29, 0.717) is 43.0 Å². The van der Waals surface area contributed by atoms with Crippen molar-refractivity contribution >= 4 is 27.5 Å². The average Bonchev–Trinajstić information content (AvgIpc) is 2.86. The van der Waals surface area contributed by atoms with Crippen LogP contribution in [0.15, 0.2) is 47.4 Å². The number of nitrogens with one attached hydrogen (secondary N) is 1. The predicted octanol–water partition coefficient (Wildman–Crippen LogP) is 3.12. The van der Waals surface area contributed by atoms with Crippen LogP contribution in [-0.4, -0.2) is 55.6 Å². The van der Waals surface area contributed by atoms with E-state index in [0.717, 1.165) is 44.2 Å². The summed E-state index contributed by atoms with van der Waals surface area (Å²) >= 11 is 0. The molecular formula is C26H34N4O4S. The Bertz CT molecular complexity index is 1170. The highest BCUT2D eigenvalue weighted by atomic mass is 32.2. The van der Waals surface area contributed by atoms with Crippen LogP contribution >= 0.6 is 0 Å². The van der Waals surface area contributed by atoms with Crippen molar-refractivity contribution in [2.75, 3.05) is 31.5 Å². The van der Waals surface area contributed by atoms with Gasteiger partial charge >= 0.3 is 0 Å². The van der Waals surface area contributed by atoms with Crippen molar-refractivity contribution in [2.24, 2.45) is 11.7 Å². The molecule has 1 atom stereocenters. The Morgan fingerprint density at radius 1 is 1.00 bits per heavy atom. The molecule has 2 aromatic carbocycles. The monoisotopic (exact) mass is 498 g/mol. The highest BCUT2D eigenvalue weighted by molar-refractivity contribution is 7.89. The molecule has 4 rings (SSSR count). The zero-order chi connectivity index (χ0) is 25.0. The first-order valence-corrected chi connectivity index (χ1v) is 13.7. The second kappa shape index (κ2) is 10.9. The summed E-state index contributed by atoms with van der Waals surface area (Å²) in [6, 6.07) is 12.4. The average molecular weight is 499 g/mol. The summed E-state index contributed by atoms with van der Waals surface area (Å²) < 4.78 is 27.8. The lowest BCUT2D eigenvalue weighted by molar-refractivity contribution is -0.123. The number of rotatable bonds is 7. The minimum atomic E-state index is -3.63. The number of nitrogens with two attached hydrogens (primary N) is 1. The van der Waals surface area contributed by atoms with Crippen LogP contribution in [0.1, 0.15) is 53.6 Å². The molecular weight excluding hydrogens is 464 g/mol. The third-order valence-electron chi connectivity index (χ3n) is 6.91. The van der Waals surface area contributed by atoms with E-state index in [1.165, 1.54) is 10.4 Å². The fourth-order valence-corrected chi connectivity index (χ4v) is 6.62. The van der Waals surface area contributed by atoms with Crippen molar-refractivity contribution in [3.63, 3.8) is 0 Å². The zero-order valence-corrected chi connectivity index (χ0v) is 21.0. The molecule has 0 saturated carbocycles.